The third kappa shape index (κ3) is 6.22. The van der Waals surface area contributed by atoms with Crippen molar-refractivity contribution in [3.05, 3.63) is 88.3 Å². The minimum absolute atomic E-state index is 0.179. The van der Waals surface area contributed by atoms with Crippen LogP contribution in [-0.4, -0.2) is 29.3 Å². The first-order valence-corrected chi connectivity index (χ1v) is 12.3. The molecule has 1 saturated heterocycles. The molecule has 0 saturated carbocycles. The second-order valence-electron chi connectivity index (χ2n) is 7.34. The molecule has 3 aromatic carbocycles. The average molecular weight is 525 g/mol. The maximum atomic E-state index is 13.0. The van der Waals surface area contributed by atoms with E-state index in [2.05, 4.69) is 5.32 Å². The normalized spacial score (nSPS) is 14.3. The number of hydrogen-bond acceptors (Lipinski definition) is 6. The fourth-order valence-corrected chi connectivity index (χ4v) is 4.82. The molecule has 3 aromatic rings. The molecule has 1 heterocycles. The van der Waals surface area contributed by atoms with Gasteiger partial charge in [-0.25, -0.2) is 0 Å². The van der Waals surface area contributed by atoms with Gasteiger partial charge in [-0.3, -0.25) is 14.5 Å². The highest BCUT2D eigenvalue weighted by Crippen LogP contribution is 2.37. The fourth-order valence-electron chi connectivity index (χ4n) is 3.33. The molecule has 1 aliphatic heterocycles. The lowest BCUT2D eigenvalue weighted by atomic mass is 10.1. The summed E-state index contributed by atoms with van der Waals surface area (Å²) in [5.41, 5.74) is 2.06. The second-order valence-corrected chi connectivity index (χ2v) is 9.45. The molecule has 2 amide bonds. The van der Waals surface area contributed by atoms with Gasteiger partial charge in [0.05, 0.1) is 17.2 Å². The van der Waals surface area contributed by atoms with Crippen molar-refractivity contribution in [3.8, 4) is 11.5 Å². The van der Waals surface area contributed by atoms with Crippen molar-refractivity contribution in [2.24, 2.45) is 0 Å². The van der Waals surface area contributed by atoms with Crippen molar-refractivity contribution in [3.63, 3.8) is 0 Å². The predicted molar refractivity (Wildman–Crippen MR) is 145 cm³/mol. The molecule has 0 bridgehead atoms. The highest BCUT2D eigenvalue weighted by Gasteiger charge is 2.33. The molecule has 0 aliphatic carbocycles. The zero-order chi connectivity index (χ0) is 24.8. The summed E-state index contributed by atoms with van der Waals surface area (Å²) >= 11 is 12.6. The fraction of sp³-hybridized carbons (Fsp3) is 0.115. The van der Waals surface area contributed by atoms with Gasteiger partial charge in [-0.1, -0.05) is 65.9 Å². The Kier molecular flexibility index (Phi) is 8.07. The van der Waals surface area contributed by atoms with Gasteiger partial charge in [-0.05, 0) is 61.0 Å². The molecule has 35 heavy (non-hydrogen) atoms. The lowest BCUT2D eigenvalue weighted by Crippen LogP contribution is -2.27. The van der Waals surface area contributed by atoms with Crippen molar-refractivity contribution in [2.75, 3.05) is 23.4 Å². The van der Waals surface area contributed by atoms with Crippen LogP contribution in [0.5, 0.6) is 11.5 Å². The smallest absolute Gasteiger partial charge is 0.270 e. The van der Waals surface area contributed by atoms with Gasteiger partial charge in [0.25, 0.3) is 11.8 Å². The summed E-state index contributed by atoms with van der Waals surface area (Å²) in [6.45, 7) is 2.06. The van der Waals surface area contributed by atoms with Crippen LogP contribution < -0.4 is 19.7 Å². The highest BCUT2D eigenvalue weighted by atomic mass is 35.5. The van der Waals surface area contributed by atoms with Crippen molar-refractivity contribution in [1.29, 1.82) is 0 Å². The number of amides is 2. The Morgan fingerprint density at radius 2 is 1.86 bits per heavy atom. The van der Waals surface area contributed by atoms with Gasteiger partial charge in [-0.15, -0.1) is 0 Å². The molecule has 9 heteroatoms. The molecule has 1 fully saturated rings. The molecule has 0 unspecified atom stereocenters. The van der Waals surface area contributed by atoms with Crippen LogP contribution >= 0.6 is 35.6 Å². The molecule has 0 atom stereocenters. The molecular weight excluding hydrogens is 504 g/mol. The molecular formula is C26H21ClN2O4S2. The number of carbonyl (C=O) groups excluding carboxylic acids is 2. The maximum absolute atomic E-state index is 13.0. The van der Waals surface area contributed by atoms with Crippen LogP contribution in [0.25, 0.3) is 6.08 Å². The van der Waals surface area contributed by atoms with Gasteiger partial charge in [0.1, 0.15) is 0 Å². The van der Waals surface area contributed by atoms with E-state index >= 15 is 0 Å². The van der Waals surface area contributed by atoms with E-state index in [1.165, 1.54) is 16.7 Å². The maximum Gasteiger partial charge on any atom is 0.270 e. The first-order chi connectivity index (χ1) is 16.9. The number of para-hydroxylation sites is 1. The van der Waals surface area contributed by atoms with E-state index in [4.69, 9.17) is 33.3 Å². The van der Waals surface area contributed by atoms with Gasteiger partial charge >= 0.3 is 0 Å². The Hall–Kier alpha value is -3.33. The van der Waals surface area contributed by atoms with Crippen molar-refractivity contribution < 1.29 is 19.1 Å². The third-order valence-corrected chi connectivity index (χ3v) is 6.38. The molecule has 0 spiro atoms. The number of carbonyl (C=O) groups is 2. The molecule has 1 N–H and O–H groups in total. The lowest BCUT2D eigenvalue weighted by Gasteiger charge is -2.14. The predicted octanol–water partition coefficient (Wildman–Crippen LogP) is 6.16. The van der Waals surface area contributed by atoms with Gasteiger partial charge in [0, 0.05) is 10.7 Å². The summed E-state index contributed by atoms with van der Waals surface area (Å²) in [7, 11) is 0. The molecule has 0 aromatic heterocycles. The number of halogens is 1. The van der Waals surface area contributed by atoms with Crippen molar-refractivity contribution >= 4 is 69.2 Å². The Labute approximate surface area is 217 Å². The van der Waals surface area contributed by atoms with E-state index in [-0.39, 0.29) is 18.4 Å². The quantitative estimate of drug-likeness (QED) is 0.281. The van der Waals surface area contributed by atoms with Crippen molar-refractivity contribution in [1.82, 2.24) is 0 Å². The van der Waals surface area contributed by atoms with E-state index in [0.717, 1.165) is 11.3 Å². The van der Waals surface area contributed by atoms with Gasteiger partial charge < -0.3 is 14.8 Å². The largest absolute Gasteiger partial charge is 0.490 e. The number of nitrogens with zero attached hydrogens (tertiary/aromatic N) is 1. The van der Waals surface area contributed by atoms with Gasteiger partial charge in [0.15, 0.2) is 22.4 Å². The highest BCUT2D eigenvalue weighted by molar-refractivity contribution is 8.27. The number of rotatable bonds is 8. The number of thiocarbonyl (C=S) groups is 1. The topological polar surface area (TPSA) is 67.9 Å². The molecule has 0 radical (unpaired) electrons. The average Bonchev–Trinajstić information content (AvgIpc) is 3.12. The SMILES string of the molecule is CCOc1cc(/C=C2\SC(=S)N(c3ccccc3)C2=O)ccc1OCC(=O)Nc1cccc(Cl)c1. The Balaban J connectivity index is 1.47. The molecule has 178 valence electrons. The van der Waals surface area contributed by atoms with Crippen LogP contribution in [0, 0.1) is 0 Å². The standard InChI is InChI=1S/C26H21ClN2O4S2/c1-2-32-22-13-17(14-23-25(31)29(26(34)35-23)20-9-4-3-5-10-20)11-12-21(22)33-16-24(30)28-19-8-6-7-18(27)15-19/h3-15H,2,16H2,1H3,(H,28,30)/b23-14-. The minimum atomic E-state index is -0.330. The lowest BCUT2D eigenvalue weighted by molar-refractivity contribution is -0.118. The number of thioether (sulfide) groups is 1. The summed E-state index contributed by atoms with van der Waals surface area (Å²) in [6, 6.07) is 21.4. The number of anilines is 2. The third-order valence-electron chi connectivity index (χ3n) is 4.84. The van der Waals surface area contributed by atoms with Crippen LogP contribution in [0.3, 0.4) is 0 Å². The van der Waals surface area contributed by atoms with E-state index in [9.17, 15) is 9.59 Å². The molecule has 1 aliphatic rings. The summed E-state index contributed by atoms with van der Waals surface area (Å²) in [6.07, 6.45) is 1.76. The molecule has 6 nitrogen and oxygen atoms in total. The Bertz CT molecular complexity index is 1300. The van der Waals surface area contributed by atoms with E-state index in [1.807, 2.05) is 37.3 Å². The summed E-state index contributed by atoms with van der Waals surface area (Å²) < 4.78 is 11.9. The second kappa shape index (κ2) is 11.4. The number of benzene rings is 3. The first kappa shape index (κ1) is 24.8. The Morgan fingerprint density at radius 3 is 2.60 bits per heavy atom. The van der Waals surface area contributed by atoms with Crippen LogP contribution in [-0.2, 0) is 9.59 Å². The van der Waals surface area contributed by atoms with Crippen LogP contribution in [0.1, 0.15) is 12.5 Å². The van der Waals surface area contributed by atoms with Gasteiger partial charge in [0.2, 0.25) is 0 Å². The van der Waals surface area contributed by atoms with Crippen LogP contribution in [0.15, 0.2) is 77.7 Å². The monoisotopic (exact) mass is 524 g/mol. The molecule has 4 rings (SSSR count). The van der Waals surface area contributed by atoms with E-state index in [0.29, 0.717) is 38.0 Å². The summed E-state index contributed by atoms with van der Waals surface area (Å²) in [4.78, 5) is 27.3. The minimum Gasteiger partial charge on any atom is -0.490 e. The Morgan fingerprint density at radius 1 is 1.06 bits per heavy atom. The van der Waals surface area contributed by atoms with E-state index < -0.39 is 0 Å². The zero-order valence-corrected chi connectivity index (χ0v) is 21.1. The van der Waals surface area contributed by atoms with Crippen LogP contribution in [0.4, 0.5) is 11.4 Å². The first-order valence-electron chi connectivity index (χ1n) is 10.7. The zero-order valence-electron chi connectivity index (χ0n) is 18.7. The summed E-state index contributed by atoms with van der Waals surface area (Å²) in [5.74, 6) is 0.378. The number of ether oxygens (including phenoxy) is 2. The summed E-state index contributed by atoms with van der Waals surface area (Å²) in [5, 5.41) is 3.26. The van der Waals surface area contributed by atoms with Crippen LogP contribution in [0.2, 0.25) is 5.02 Å². The number of hydrogen-bond donors (Lipinski definition) is 1. The van der Waals surface area contributed by atoms with Gasteiger partial charge in [-0.2, -0.15) is 0 Å². The number of nitrogens with one attached hydrogen (secondary N) is 1. The van der Waals surface area contributed by atoms with Crippen molar-refractivity contribution in [2.45, 2.75) is 6.92 Å². The van der Waals surface area contributed by atoms with E-state index in [1.54, 1.807) is 48.5 Å².